The molecule has 0 unspecified atom stereocenters. The Balaban J connectivity index is 1.30. The maximum Gasteiger partial charge on any atom is 0.376 e. The van der Waals surface area contributed by atoms with Gasteiger partial charge in [-0.05, 0) is 63.9 Å². The van der Waals surface area contributed by atoms with Crippen molar-refractivity contribution in [2.75, 3.05) is 31.2 Å². The molecule has 218 valence electrons. The molecule has 8 nitrogen and oxygen atoms in total. The second-order valence-electron chi connectivity index (χ2n) is 10.9. The number of carbonyl (C=O) groups is 2. The van der Waals surface area contributed by atoms with Crippen LogP contribution in [0.15, 0.2) is 84.2 Å². The number of thiophene rings is 1. The van der Waals surface area contributed by atoms with E-state index in [1.165, 1.54) is 0 Å². The average Bonchev–Trinajstić information content (AvgIpc) is 3.55. The van der Waals surface area contributed by atoms with Crippen molar-refractivity contribution in [1.82, 2.24) is 5.48 Å². The molecule has 0 bridgehead atoms. The minimum Gasteiger partial charge on any atom is -0.488 e. The predicted octanol–water partition coefficient (Wildman–Crippen LogP) is 6.56. The average molecular weight is 587 g/mol. The van der Waals surface area contributed by atoms with Crippen LogP contribution in [0.25, 0.3) is 10.4 Å². The number of hydrogen-bond donors (Lipinski definition) is 1. The van der Waals surface area contributed by atoms with Crippen molar-refractivity contribution < 1.29 is 28.9 Å². The monoisotopic (exact) mass is 586 g/mol. The number of carbonyl (C=O) groups excluding carboxylic acids is 2. The summed E-state index contributed by atoms with van der Waals surface area (Å²) in [5, 5.41) is 2.01. The lowest BCUT2D eigenvalue weighted by Crippen LogP contribution is -2.36. The Morgan fingerprint density at radius 2 is 1.71 bits per heavy atom. The lowest BCUT2D eigenvalue weighted by molar-refractivity contribution is -0.273. The second-order valence-corrected chi connectivity index (χ2v) is 11.9. The molecule has 0 aliphatic carbocycles. The number of rotatable bonds is 9. The van der Waals surface area contributed by atoms with Gasteiger partial charge < -0.3 is 14.4 Å². The molecule has 4 aromatic rings. The lowest BCUT2D eigenvalue weighted by atomic mass is 9.82. The topological polar surface area (TPSA) is 86.3 Å². The molecule has 1 fully saturated rings. The first-order valence-electron chi connectivity index (χ1n) is 13.8. The summed E-state index contributed by atoms with van der Waals surface area (Å²) >= 11 is 1.63. The van der Waals surface area contributed by atoms with E-state index in [0.717, 1.165) is 27.3 Å². The van der Waals surface area contributed by atoms with Crippen LogP contribution < -0.4 is 15.1 Å². The SMILES string of the molecule is CC(C)(C)c1cc(-c2cccs2)ccc1C(=O)OONC(=O)c1cc(N2CCOCC2)ccc1OCc1ccccc1. The van der Waals surface area contributed by atoms with Gasteiger partial charge in [0.25, 0.3) is 5.91 Å². The highest BCUT2D eigenvalue weighted by molar-refractivity contribution is 7.13. The van der Waals surface area contributed by atoms with Gasteiger partial charge in [-0.2, -0.15) is 5.48 Å². The third kappa shape index (κ3) is 7.17. The highest BCUT2D eigenvalue weighted by Gasteiger charge is 2.25. The van der Waals surface area contributed by atoms with Crippen LogP contribution in [0, 0.1) is 0 Å². The van der Waals surface area contributed by atoms with E-state index >= 15 is 0 Å². The second kappa shape index (κ2) is 13.2. The largest absolute Gasteiger partial charge is 0.488 e. The summed E-state index contributed by atoms with van der Waals surface area (Å²) in [6.07, 6.45) is 0. The van der Waals surface area contributed by atoms with Gasteiger partial charge in [0.1, 0.15) is 12.4 Å². The number of morpholine rings is 1. The number of hydrogen-bond acceptors (Lipinski definition) is 8. The molecule has 1 aliphatic rings. The first kappa shape index (κ1) is 29.3. The van der Waals surface area contributed by atoms with Gasteiger partial charge >= 0.3 is 5.97 Å². The van der Waals surface area contributed by atoms with Gasteiger partial charge in [-0.15, -0.1) is 11.3 Å². The first-order chi connectivity index (χ1) is 20.3. The maximum absolute atomic E-state index is 13.3. The van der Waals surface area contributed by atoms with E-state index in [1.54, 1.807) is 29.5 Å². The van der Waals surface area contributed by atoms with Gasteiger partial charge in [-0.3, -0.25) is 9.68 Å². The van der Waals surface area contributed by atoms with Gasteiger partial charge in [0.15, 0.2) is 0 Å². The van der Waals surface area contributed by atoms with Crippen LogP contribution in [0.4, 0.5) is 5.69 Å². The molecule has 5 rings (SSSR count). The van der Waals surface area contributed by atoms with Crippen molar-refractivity contribution in [3.63, 3.8) is 0 Å². The van der Waals surface area contributed by atoms with E-state index in [4.69, 9.17) is 19.3 Å². The fourth-order valence-corrected chi connectivity index (χ4v) is 5.43. The van der Waals surface area contributed by atoms with Crippen molar-refractivity contribution in [3.8, 4) is 16.2 Å². The van der Waals surface area contributed by atoms with Gasteiger partial charge in [0, 0.05) is 23.7 Å². The molecule has 1 saturated heterocycles. The normalized spacial score (nSPS) is 13.5. The highest BCUT2D eigenvalue weighted by atomic mass is 32.1. The zero-order valence-electron chi connectivity index (χ0n) is 23.9. The molecule has 1 aliphatic heterocycles. The van der Waals surface area contributed by atoms with Crippen LogP contribution >= 0.6 is 11.3 Å². The molecule has 1 aromatic heterocycles. The molecule has 0 saturated carbocycles. The van der Waals surface area contributed by atoms with Crippen LogP contribution in [0.1, 0.15) is 52.6 Å². The Morgan fingerprint density at radius 3 is 2.43 bits per heavy atom. The number of nitrogens with zero attached hydrogens (tertiary/aromatic N) is 1. The predicted molar refractivity (Wildman–Crippen MR) is 163 cm³/mol. The summed E-state index contributed by atoms with van der Waals surface area (Å²) in [6.45, 7) is 9.00. The Bertz CT molecular complexity index is 1510. The number of benzene rings is 3. The van der Waals surface area contributed by atoms with Crippen LogP contribution in [0.5, 0.6) is 5.75 Å². The summed E-state index contributed by atoms with van der Waals surface area (Å²) in [6, 6.07) is 24.7. The van der Waals surface area contributed by atoms with Crippen molar-refractivity contribution in [1.29, 1.82) is 0 Å². The zero-order valence-corrected chi connectivity index (χ0v) is 24.7. The summed E-state index contributed by atoms with van der Waals surface area (Å²) in [5.41, 5.74) is 6.17. The minimum absolute atomic E-state index is 0.252. The van der Waals surface area contributed by atoms with Gasteiger partial charge in [-0.1, -0.05) is 68.2 Å². The quantitative estimate of drug-likeness (QED) is 0.176. The highest BCUT2D eigenvalue weighted by Crippen LogP contribution is 2.33. The molecular formula is C33H34N2O6S. The smallest absolute Gasteiger partial charge is 0.376 e. The molecule has 1 N–H and O–H groups in total. The summed E-state index contributed by atoms with van der Waals surface area (Å²) < 4.78 is 11.5. The van der Waals surface area contributed by atoms with Crippen molar-refractivity contribution in [2.45, 2.75) is 32.8 Å². The number of amides is 1. The number of hydroxylamine groups is 1. The van der Waals surface area contributed by atoms with Crippen molar-refractivity contribution in [2.24, 2.45) is 0 Å². The molecule has 0 radical (unpaired) electrons. The molecule has 1 amide bonds. The van der Waals surface area contributed by atoms with E-state index in [1.807, 2.05) is 86.8 Å². The van der Waals surface area contributed by atoms with Gasteiger partial charge in [0.05, 0.1) is 24.3 Å². The van der Waals surface area contributed by atoms with Crippen LogP contribution in [-0.2, 0) is 26.6 Å². The maximum atomic E-state index is 13.3. The molecule has 0 atom stereocenters. The number of ether oxygens (including phenoxy) is 2. The van der Waals surface area contributed by atoms with Crippen LogP contribution in [0.2, 0.25) is 0 Å². The van der Waals surface area contributed by atoms with Crippen LogP contribution in [-0.4, -0.2) is 38.2 Å². The zero-order chi connectivity index (χ0) is 29.5. The Hall–Kier alpha value is -4.18. The molecule has 3 aromatic carbocycles. The Labute approximate surface area is 249 Å². The fourth-order valence-electron chi connectivity index (χ4n) is 4.71. The third-order valence-electron chi connectivity index (χ3n) is 6.93. The molecule has 0 spiro atoms. The lowest BCUT2D eigenvalue weighted by Gasteiger charge is -2.29. The summed E-state index contributed by atoms with van der Waals surface area (Å²) in [7, 11) is 0. The molecule has 42 heavy (non-hydrogen) atoms. The van der Waals surface area contributed by atoms with E-state index in [9.17, 15) is 9.59 Å². The third-order valence-corrected chi connectivity index (χ3v) is 7.85. The van der Waals surface area contributed by atoms with E-state index in [-0.39, 0.29) is 17.6 Å². The van der Waals surface area contributed by atoms with Crippen molar-refractivity contribution >= 4 is 28.9 Å². The minimum atomic E-state index is -0.708. The standard InChI is InChI=1S/C33H34N2O6S/c1-33(2,3)28-20-24(30-10-7-19-42-30)11-13-26(28)32(37)40-41-34-31(36)27-21-25(35-15-17-38-18-16-35)12-14-29(27)39-22-23-8-5-4-6-9-23/h4-14,19-21H,15-18,22H2,1-3H3,(H,34,36). The molecule has 2 heterocycles. The Kier molecular flexibility index (Phi) is 9.22. The number of nitrogens with one attached hydrogen (secondary N) is 1. The van der Waals surface area contributed by atoms with Crippen LogP contribution in [0.3, 0.4) is 0 Å². The van der Waals surface area contributed by atoms with E-state index < -0.39 is 11.9 Å². The fraction of sp³-hybridized carbons (Fsp3) is 0.273. The van der Waals surface area contributed by atoms with Crippen molar-refractivity contribution in [3.05, 3.63) is 106 Å². The first-order valence-corrected chi connectivity index (χ1v) is 14.7. The summed E-state index contributed by atoms with van der Waals surface area (Å²) in [4.78, 5) is 39.7. The molecular weight excluding hydrogens is 552 g/mol. The summed E-state index contributed by atoms with van der Waals surface area (Å²) in [5.74, 6) is -0.937. The van der Waals surface area contributed by atoms with E-state index in [0.29, 0.717) is 37.6 Å². The molecule has 9 heteroatoms. The van der Waals surface area contributed by atoms with Gasteiger partial charge in [0.2, 0.25) is 0 Å². The van der Waals surface area contributed by atoms with E-state index in [2.05, 4.69) is 10.4 Å². The Morgan fingerprint density at radius 1 is 0.929 bits per heavy atom. The number of anilines is 1. The van der Waals surface area contributed by atoms with Gasteiger partial charge in [-0.25, -0.2) is 4.79 Å².